The van der Waals surface area contributed by atoms with Crippen molar-refractivity contribution in [2.24, 2.45) is 11.8 Å². The topological polar surface area (TPSA) is 83.6 Å². The van der Waals surface area contributed by atoms with Gasteiger partial charge in [-0.25, -0.2) is 4.98 Å². The van der Waals surface area contributed by atoms with E-state index in [-0.39, 0.29) is 11.7 Å². The van der Waals surface area contributed by atoms with Crippen LogP contribution in [0.2, 0.25) is 0 Å². The van der Waals surface area contributed by atoms with E-state index >= 15 is 0 Å². The Morgan fingerprint density at radius 2 is 2.03 bits per heavy atom. The van der Waals surface area contributed by atoms with Crippen LogP contribution in [0.4, 0.5) is 5.82 Å². The third kappa shape index (κ3) is 9.45. The van der Waals surface area contributed by atoms with E-state index in [1.807, 2.05) is 36.8 Å². The first-order chi connectivity index (χ1) is 18.9. The fourth-order valence-electron chi connectivity index (χ4n) is 4.95. The molecule has 0 radical (unpaired) electrons. The maximum absolute atomic E-state index is 13.3. The summed E-state index contributed by atoms with van der Waals surface area (Å²) in [5.41, 5.74) is 5.08. The Balaban J connectivity index is 1.92. The van der Waals surface area contributed by atoms with Gasteiger partial charge in [0.2, 0.25) is 0 Å². The van der Waals surface area contributed by atoms with Crippen LogP contribution in [0.15, 0.2) is 66.3 Å². The smallest absolute Gasteiger partial charge is 0.163 e. The Bertz CT molecular complexity index is 1170. The van der Waals surface area contributed by atoms with Gasteiger partial charge >= 0.3 is 0 Å². The van der Waals surface area contributed by atoms with E-state index in [4.69, 9.17) is 4.98 Å². The van der Waals surface area contributed by atoms with Crippen LogP contribution in [0.3, 0.4) is 0 Å². The molecule has 0 saturated heterocycles. The number of aromatic amines is 1. The van der Waals surface area contributed by atoms with Crippen molar-refractivity contribution in [3.63, 3.8) is 0 Å². The Hall–Kier alpha value is -3.28. The molecule has 39 heavy (non-hydrogen) atoms. The maximum Gasteiger partial charge on any atom is 0.163 e. The molecule has 0 spiro atoms. The molecule has 0 bridgehead atoms. The lowest BCUT2D eigenvalue weighted by molar-refractivity contribution is -0.116. The second-order valence-electron chi connectivity index (χ2n) is 11.0. The molecule has 0 saturated carbocycles. The van der Waals surface area contributed by atoms with Gasteiger partial charge in [0.1, 0.15) is 5.82 Å². The van der Waals surface area contributed by atoms with Crippen molar-refractivity contribution >= 4 is 11.6 Å². The third-order valence-corrected chi connectivity index (χ3v) is 7.78. The van der Waals surface area contributed by atoms with E-state index in [2.05, 4.69) is 67.3 Å². The predicted octanol–water partition coefficient (Wildman–Crippen LogP) is 7.91. The fourth-order valence-corrected chi connectivity index (χ4v) is 4.95. The van der Waals surface area contributed by atoms with Crippen molar-refractivity contribution in [1.29, 1.82) is 0 Å². The van der Waals surface area contributed by atoms with E-state index in [1.165, 1.54) is 12.8 Å². The van der Waals surface area contributed by atoms with Gasteiger partial charge in [-0.3, -0.25) is 14.9 Å². The molecule has 210 valence electrons. The van der Waals surface area contributed by atoms with Gasteiger partial charge in [0, 0.05) is 60.7 Å². The fraction of sp³-hybridized carbons (Fsp3) is 0.515. The summed E-state index contributed by atoms with van der Waals surface area (Å²) < 4.78 is 0. The zero-order chi connectivity index (χ0) is 28.0. The van der Waals surface area contributed by atoms with Crippen molar-refractivity contribution in [3.8, 4) is 0 Å². The predicted molar refractivity (Wildman–Crippen MR) is 161 cm³/mol. The number of nitrogens with zero attached hydrogens (tertiary/aromatic N) is 3. The molecule has 2 heterocycles. The van der Waals surface area contributed by atoms with Gasteiger partial charge in [0.25, 0.3) is 0 Å². The molecule has 2 aromatic heterocycles. The molecule has 2 aromatic rings. The number of hydrogen-bond donors (Lipinski definition) is 2. The second-order valence-corrected chi connectivity index (χ2v) is 11.0. The number of pyridine rings is 1. The molecule has 3 atom stereocenters. The van der Waals surface area contributed by atoms with Crippen molar-refractivity contribution in [3.05, 3.63) is 83.1 Å². The number of unbranched alkanes of at least 4 members (excludes halogenated alkanes) is 1. The molecule has 0 aliphatic heterocycles. The van der Waals surface area contributed by atoms with Crippen LogP contribution in [0, 0.1) is 11.8 Å². The summed E-state index contributed by atoms with van der Waals surface area (Å²) >= 11 is 0. The van der Waals surface area contributed by atoms with E-state index in [0.29, 0.717) is 24.7 Å². The molecule has 2 N–H and O–H groups in total. The SMILES string of the molecule is CCCCC(CC)CC(=O)C1=C(C)CC(c2cn[nH]ccc(Cc3cccnc3)nc2NCC(C)CC)C=C1. The molecule has 1 aliphatic carbocycles. The van der Waals surface area contributed by atoms with Crippen molar-refractivity contribution in [2.75, 3.05) is 11.9 Å². The van der Waals surface area contributed by atoms with E-state index in [1.54, 1.807) is 6.20 Å². The number of allylic oxidation sites excluding steroid dienone is 4. The van der Waals surface area contributed by atoms with Crippen LogP contribution in [-0.4, -0.2) is 32.5 Å². The van der Waals surface area contributed by atoms with E-state index in [0.717, 1.165) is 66.0 Å². The molecular formula is C33H47N5O. The Morgan fingerprint density at radius 3 is 2.72 bits per heavy atom. The highest BCUT2D eigenvalue weighted by Gasteiger charge is 2.23. The summed E-state index contributed by atoms with van der Waals surface area (Å²) in [5, 5.41) is 11.2. The average Bonchev–Trinajstić information content (AvgIpc) is 3.04. The Kier molecular flexibility index (Phi) is 12.4. The first-order valence-electron chi connectivity index (χ1n) is 14.8. The number of ketones is 1. The quantitative estimate of drug-likeness (QED) is 0.260. The van der Waals surface area contributed by atoms with E-state index < -0.39 is 0 Å². The van der Waals surface area contributed by atoms with Crippen molar-refractivity contribution in [1.82, 2.24) is 20.2 Å². The summed E-state index contributed by atoms with van der Waals surface area (Å²) in [6.07, 6.45) is 19.3. The summed E-state index contributed by atoms with van der Waals surface area (Å²) in [6.45, 7) is 11.8. The minimum absolute atomic E-state index is 0.0788. The number of Topliss-reactive ketones (excluding diaryl/α,β-unsaturated/α-hetero) is 1. The third-order valence-electron chi connectivity index (χ3n) is 7.78. The first kappa shape index (κ1) is 30.3. The van der Waals surface area contributed by atoms with Crippen LogP contribution < -0.4 is 5.32 Å². The summed E-state index contributed by atoms with van der Waals surface area (Å²) in [7, 11) is 0. The number of hydrogen-bond acceptors (Lipinski definition) is 5. The molecule has 0 aromatic carbocycles. The van der Waals surface area contributed by atoms with Gasteiger partial charge in [0.15, 0.2) is 5.78 Å². The number of aromatic nitrogens is 4. The second kappa shape index (κ2) is 16.0. The van der Waals surface area contributed by atoms with Gasteiger partial charge in [-0.2, -0.15) is 5.10 Å². The van der Waals surface area contributed by atoms with Gasteiger partial charge in [0.05, 0.1) is 6.20 Å². The standard InChI is InChI=1S/C33H47N5O/c1-6-9-11-26(8-3)20-32(39)30-14-13-28(18-25(30)5)31-23-37-36-17-15-29(19-27-12-10-16-34-22-27)38-33(31)35-21-24(4)7-2/h10,12-17,22-24,26,28,35-36H,6-9,11,18-21H2,1-5H3. The first-order valence-corrected chi connectivity index (χ1v) is 14.8. The Labute approximate surface area is 235 Å². The maximum atomic E-state index is 13.3. The zero-order valence-corrected chi connectivity index (χ0v) is 24.5. The van der Waals surface area contributed by atoms with Gasteiger partial charge in [-0.15, -0.1) is 0 Å². The van der Waals surface area contributed by atoms with Crippen molar-refractivity contribution in [2.45, 2.75) is 91.9 Å². The van der Waals surface area contributed by atoms with Crippen LogP contribution in [0.1, 0.15) is 102 Å². The molecule has 6 nitrogen and oxygen atoms in total. The molecule has 3 rings (SSSR count). The molecule has 6 heteroatoms. The molecule has 1 aliphatic rings. The number of carbonyl (C=O) groups is 1. The lowest BCUT2D eigenvalue weighted by Crippen LogP contribution is -2.16. The number of H-pyrrole nitrogens is 1. The van der Waals surface area contributed by atoms with Crippen LogP contribution >= 0.6 is 0 Å². The minimum atomic E-state index is 0.0788. The molecule has 0 fully saturated rings. The van der Waals surface area contributed by atoms with Gasteiger partial charge in [-0.1, -0.05) is 83.6 Å². The Morgan fingerprint density at radius 1 is 1.18 bits per heavy atom. The number of rotatable bonds is 14. The largest absolute Gasteiger partial charge is 0.370 e. The summed E-state index contributed by atoms with van der Waals surface area (Å²) in [5.74, 6) is 2.18. The van der Waals surface area contributed by atoms with Crippen molar-refractivity contribution < 1.29 is 4.79 Å². The minimum Gasteiger partial charge on any atom is -0.370 e. The highest BCUT2D eigenvalue weighted by atomic mass is 16.1. The van der Waals surface area contributed by atoms with E-state index in [9.17, 15) is 4.79 Å². The van der Waals surface area contributed by atoms with Crippen LogP contribution in [0.25, 0.3) is 0 Å². The number of carbonyl (C=O) groups excluding carboxylic acids is 1. The summed E-state index contributed by atoms with van der Waals surface area (Å²) in [6, 6.07) is 5.99. The molecule has 0 amide bonds. The lowest BCUT2D eigenvalue weighted by Gasteiger charge is -2.23. The highest BCUT2D eigenvalue weighted by molar-refractivity contribution is 5.99. The molecular weight excluding hydrogens is 482 g/mol. The van der Waals surface area contributed by atoms with Crippen LogP contribution in [-0.2, 0) is 11.2 Å². The number of anilines is 1. The summed E-state index contributed by atoms with van der Waals surface area (Å²) in [4.78, 5) is 22.7. The lowest BCUT2D eigenvalue weighted by atomic mass is 9.83. The zero-order valence-electron chi connectivity index (χ0n) is 24.5. The monoisotopic (exact) mass is 529 g/mol. The number of nitrogens with one attached hydrogen (secondary N) is 2. The molecule has 3 unspecified atom stereocenters. The normalized spacial score (nSPS) is 16.5. The highest BCUT2D eigenvalue weighted by Crippen LogP contribution is 2.35. The van der Waals surface area contributed by atoms with Gasteiger partial charge < -0.3 is 5.32 Å². The average molecular weight is 530 g/mol. The van der Waals surface area contributed by atoms with Crippen LogP contribution in [0.5, 0.6) is 0 Å². The van der Waals surface area contributed by atoms with Gasteiger partial charge in [-0.05, 0) is 42.9 Å².